The Bertz CT molecular complexity index is 812. The highest BCUT2D eigenvalue weighted by molar-refractivity contribution is 6.45. The largest absolute Gasteiger partial charge is 0.449 e. The van der Waals surface area contributed by atoms with Crippen molar-refractivity contribution >= 4 is 29.9 Å². The van der Waals surface area contributed by atoms with E-state index < -0.39 is 0 Å². The van der Waals surface area contributed by atoms with Gasteiger partial charge in [-0.1, -0.05) is 29.7 Å². The zero-order valence-corrected chi connectivity index (χ0v) is 12.3. The van der Waals surface area contributed by atoms with E-state index in [0.717, 1.165) is 22.1 Å². The quantitative estimate of drug-likeness (QED) is 0.685. The van der Waals surface area contributed by atoms with Gasteiger partial charge in [-0.3, -0.25) is 4.79 Å². The Hall–Kier alpha value is -2.60. The Morgan fingerprint density at radius 3 is 2.73 bits per heavy atom. The minimum Gasteiger partial charge on any atom is -0.449 e. The van der Waals surface area contributed by atoms with Gasteiger partial charge in [0, 0.05) is 19.2 Å². The number of carbonyl (C=O) groups excluding carboxylic acids is 1. The van der Waals surface area contributed by atoms with Crippen LogP contribution in [0.3, 0.4) is 0 Å². The van der Waals surface area contributed by atoms with Crippen molar-refractivity contribution in [1.29, 1.82) is 0 Å². The number of benzene rings is 2. The topological polar surface area (TPSA) is 67.2 Å². The van der Waals surface area contributed by atoms with Crippen LogP contribution >= 0.6 is 0 Å². The van der Waals surface area contributed by atoms with Crippen LogP contribution in [-0.2, 0) is 6.54 Å². The average molecular weight is 293 g/mol. The van der Waals surface area contributed by atoms with Crippen molar-refractivity contribution in [2.24, 2.45) is 0 Å². The molecule has 2 N–H and O–H groups in total. The fraction of sp³-hybridized carbons (Fsp3) is 0.125. The lowest BCUT2D eigenvalue weighted by molar-refractivity contribution is 0.0963. The summed E-state index contributed by atoms with van der Waals surface area (Å²) in [6, 6.07) is 13.3. The molecule has 0 unspecified atom stereocenters. The van der Waals surface area contributed by atoms with E-state index in [1.807, 2.05) is 34.9 Å². The minimum atomic E-state index is -0.115. The highest BCUT2D eigenvalue weighted by Crippen LogP contribution is 2.16. The van der Waals surface area contributed by atoms with Crippen molar-refractivity contribution in [1.82, 2.24) is 14.9 Å². The Labute approximate surface area is 128 Å². The van der Waals surface area contributed by atoms with Crippen LogP contribution in [0.5, 0.6) is 0 Å². The van der Waals surface area contributed by atoms with E-state index in [4.69, 9.17) is 5.02 Å². The van der Waals surface area contributed by atoms with Crippen LogP contribution in [0.15, 0.2) is 48.8 Å². The molecular weight excluding hydrogens is 277 g/mol. The molecule has 2 aromatic carbocycles. The van der Waals surface area contributed by atoms with Gasteiger partial charge in [-0.25, -0.2) is 4.98 Å². The Kier molecular flexibility index (Phi) is 3.93. The lowest BCUT2D eigenvalue weighted by Crippen LogP contribution is -2.17. The summed E-state index contributed by atoms with van der Waals surface area (Å²) in [5.41, 5.74) is 4.42. The normalized spacial score (nSPS) is 10.6. The molecule has 0 radical (unpaired) electrons. The number of hydrogen-bond acceptors (Lipinski definition) is 3. The highest BCUT2D eigenvalue weighted by Gasteiger charge is 2.08. The van der Waals surface area contributed by atoms with Crippen LogP contribution < -0.4 is 10.8 Å². The van der Waals surface area contributed by atoms with E-state index in [1.165, 1.54) is 0 Å². The van der Waals surface area contributed by atoms with E-state index in [0.29, 0.717) is 12.1 Å². The molecule has 0 atom stereocenters. The van der Waals surface area contributed by atoms with Crippen LogP contribution in [0.1, 0.15) is 15.9 Å². The van der Waals surface area contributed by atoms with Crippen LogP contribution in [0, 0.1) is 0 Å². The second kappa shape index (κ2) is 6.03. The van der Waals surface area contributed by atoms with Gasteiger partial charge in [-0.2, -0.15) is 0 Å². The third kappa shape index (κ3) is 2.73. The Morgan fingerprint density at radius 2 is 2.05 bits per heavy atom. The van der Waals surface area contributed by atoms with Crippen molar-refractivity contribution in [3.63, 3.8) is 0 Å². The van der Waals surface area contributed by atoms with Crippen LogP contribution in [0.2, 0.25) is 0 Å². The van der Waals surface area contributed by atoms with Gasteiger partial charge >= 0.3 is 7.48 Å². The zero-order chi connectivity index (χ0) is 15.5. The van der Waals surface area contributed by atoms with Gasteiger partial charge in [0.25, 0.3) is 5.91 Å². The summed E-state index contributed by atoms with van der Waals surface area (Å²) < 4.78 is 2.04. The summed E-state index contributed by atoms with van der Waals surface area (Å²) in [4.78, 5) is 16.0. The van der Waals surface area contributed by atoms with E-state index in [2.05, 4.69) is 10.3 Å². The maximum absolute atomic E-state index is 11.6. The first-order valence-corrected chi connectivity index (χ1v) is 7.07. The minimum absolute atomic E-state index is 0.0521. The van der Waals surface area contributed by atoms with Crippen molar-refractivity contribution < 1.29 is 9.82 Å². The molecule has 0 bridgehead atoms. The number of amides is 1. The van der Waals surface area contributed by atoms with Gasteiger partial charge in [-0.05, 0) is 23.8 Å². The number of rotatable bonds is 4. The van der Waals surface area contributed by atoms with Crippen molar-refractivity contribution in [2.45, 2.75) is 6.54 Å². The molecule has 1 amide bonds. The first-order valence-electron chi connectivity index (χ1n) is 7.07. The van der Waals surface area contributed by atoms with E-state index >= 15 is 0 Å². The predicted molar refractivity (Wildman–Crippen MR) is 87.7 cm³/mol. The maximum Gasteiger partial charge on any atom is 0.304 e. The van der Waals surface area contributed by atoms with Gasteiger partial charge in [0.2, 0.25) is 0 Å². The molecule has 22 heavy (non-hydrogen) atoms. The van der Waals surface area contributed by atoms with Crippen LogP contribution in [0.25, 0.3) is 11.0 Å². The molecule has 3 rings (SSSR count). The predicted octanol–water partition coefficient (Wildman–Crippen LogP) is 0.413. The SMILES string of the molecule is CNC(=O)c1ccc2c(c1)ncn2Cc1ccc(BO)cc1. The third-order valence-corrected chi connectivity index (χ3v) is 3.67. The second-order valence-electron chi connectivity index (χ2n) is 5.13. The fourth-order valence-electron chi connectivity index (χ4n) is 2.42. The number of imidazole rings is 1. The van der Waals surface area contributed by atoms with Gasteiger partial charge in [0.05, 0.1) is 17.4 Å². The molecule has 0 aliphatic rings. The molecule has 1 heterocycles. The third-order valence-electron chi connectivity index (χ3n) is 3.67. The molecular formula is C16H16BN3O2. The molecule has 5 nitrogen and oxygen atoms in total. The maximum atomic E-state index is 11.6. The zero-order valence-electron chi connectivity index (χ0n) is 12.3. The second-order valence-corrected chi connectivity index (χ2v) is 5.13. The standard InChI is InChI=1S/C16H16BN3O2/c1-18-16(21)12-4-7-15-14(8-12)19-10-20(15)9-11-2-5-13(17-22)6-3-11/h2-8,10,17,22H,9H2,1H3,(H,18,21). The van der Waals surface area contributed by atoms with Gasteiger partial charge in [0.15, 0.2) is 0 Å². The summed E-state index contributed by atoms with van der Waals surface area (Å²) in [7, 11) is 1.66. The molecule has 1 aromatic heterocycles. The molecule has 3 aromatic rings. The van der Waals surface area contributed by atoms with Crippen molar-refractivity contribution in [2.75, 3.05) is 7.05 Å². The van der Waals surface area contributed by atoms with Crippen molar-refractivity contribution in [3.05, 3.63) is 59.9 Å². The molecule has 0 aliphatic carbocycles. The molecule has 0 spiro atoms. The number of hydrogen-bond donors (Lipinski definition) is 2. The molecule has 0 saturated heterocycles. The molecule has 0 saturated carbocycles. The molecule has 0 fully saturated rings. The summed E-state index contributed by atoms with van der Waals surface area (Å²) in [5, 5.41) is 11.7. The lowest BCUT2D eigenvalue weighted by Gasteiger charge is -2.06. The molecule has 6 heteroatoms. The average Bonchev–Trinajstić information content (AvgIpc) is 2.97. The number of fused-ring (bicyclic) bond motifs is 1. The summed E-state index contributed by atoms with van der Waals surface area (Å²) in [6.07, 6.45) is 1.78. The lowest BCUT2D eigenvalue weighted by atomic mass is 9.88. The van der Waals surface area contributed by atoms with Crippen LogP contribution in [-0.4, -0.2) is 35.0 Å². The smallest absolute Gasteiger partial charge is 0.304 e. The number of aromatic nitrogens is 2. The van der Waals surface area contributed by atoms with Gasteiger partial charge in [0.1, 0.15) is 0 Å². The number of nitrogens with one attached hydrogen (secondary N) is 1. The monoisotopic (exact) mass is 293 g/mol. The Balaban J connectivity index is 1.89. The fourth-order valence-corrected chi connectivity index (χ4v) is 2.42. The number of carbonyl (C=O) groups is 1. The first-order chi connectivity index (χ1) is 10.7. The highest BCUT2D eigenvalue weighted by atomic mass is 16.2. The van der Waals surface area contributed by atoms with E-state index in [-0.39, 0.29) is 13.4 Å². The Morgan fingerprint density at radius 1 is 1.27 bits per heavy atom. The first kappa shape index (κ1) is 14.3. The summed E-state index contributed by atoms with van der Waals surface area (Å²) >= 11 is 0. The van der Waals surface area contributed by atoms with E-state index in [9.17, 15) is 4.79 Å². The molecule has 0 aliphatic heterocycles. The van der Waals surface area contributed by atoms with Gasteiger partial charge < -0.3 is 14.9 Å². The molecule has 110 valence electrons. The van der Waals surface area contributed by atoms with Crippen LogP contribution in [0.4, 0.5) is 0 Å². The number of nitrogens with zero attached hydrogens (tertiary/aromatic N) is 2. The van der Waals surface area contributed by atoms with E-state index in [1.54, 1.807) is 25.5 Å². The summed E-state index contributed by atoms with van der Waals surface area (Å²) in [6.45, 7) is 0.696. The van der Waals surface area contributed by atoms with Gasteiger partial charge in [-0.15, -0.1) is 0 Å². The summed E-state index contributed by atoms with van der Waals surface area (Å²) in [5.74, 6) is -0.115. The van der Waals surface area contributed by atoms with Crippen molar-refractivity contribution in [3.8, 4) is 0 Å².